The Morgan fingerprint density at radius 1 is 1.45 bits per heavy atom. The van der Waals surface area contributed by atoms with E-state index >= 15 is 0 Å². The molecule has 2 aromatic rings. The molecule has 0 N–H and O–H groups in total. The first kappa shape index (κ1) is 14.4. The number of esters is 1. The van der Waals surface area contributed by atoms with Gasteiger partial charge in [0.1, 0.15) is 5.75 Å². The summed E-state index contributed by atoms with van der Waals surface area (Å²) in [6, 6.07) is 5.54. The van der Waals surface area contributed by atoms with Gasteiger partial charge in [-0.2, -0.15) is 0 Å². The van der Waals surface area contributed by atoms with Crippen LogP contribution < -0.4 is 4.74 Å². The summed E-state index contributed by atoms with van der Waals surface area (Å²) in [6.45, 7) is 2.33. The van der Waals surface area contributed by atoms with Gasteiger partial charge >= 0.3 is 5.97 Å². The fourth-order valence-corrected chi connectivity index (χ4v) is 1.99. The SMILES string of the molecule is CCOC(=O)c1nnnn1Cc1cc(OC)ccc1Br. The lowest BCUT2D eigenvalue weighted by atomic mass is 10.2. The molecule has 8 heteroatoms. The monoisotopic (exact) mass is 340 g/mol. The second-order valence-electron chi connectivity index (χ2n) is 3.84. The summed E-state index contributed by atoms with van der Waals surface area (Å²) in [7, 11) is 1.59. The number of rotatable bonds is 5. The minimum atomic E-state index is -0.545. The Bertz CT molecular complexity index is 614. The van der Waals surface area contributed by atoms with E-state index in [1.54, 1.807) is 14.0 Å². The molecule has 106 valence electrons. The maximum Gasteiger partial charge on any atom is 0.378 e. The van der Waals surface area contributed by atoms with Crippen molar-refractivity contribution < 1.29 is 14.3 Å². The highest BCUT2D eigenvalue weighted by Crippen LogP contribution is 2.23. The van der Waals surface area contributed by atoms with Crippen molar-refractivity contribution >= 4 is 21.9 Å². The van der Waals surface area contributed by atoms with Gasteiger partial charge in [0, 0.05) is 4.47 Å². The molecule has 7 nitrogen and oxygen atoms in total. The molecule has 0 atom stereocenters. The van der Waals surface area contributed by atoms with E-state index < -0.39 is 5.97 Å². The van der Waals surface area contributed by atoms with E-state index in [9.17, 15) is 4.79 Å². The van der Waals surface area contributed by atoms with Crippen LogP contribution in [-0.4, -0.2) is 39.9 Å². The summed E-state index contributed by atoms with van der Waals surface area (Å²) in [6.07, 6.45) is 0. The van der Waals surface area contributed by atoms with E-state index in [-0.39, 0.29) is 12.4 Å². The molecule has 1 aromatic carbocycles. The Hall–Kier alpha value is -1.96. The van der Waals surface area contributed by atoms with Gasteiger partial charge < -0.3 is 9.47 Å². The number of hydrogen-bond acceptors (Lipinski definition) is 6. The number of hydrogen-bond donors (Lipinski definition) is 0. The van der Waals surface area contributed by atoms with Crippen LogP contribution in [0.5, 0.6) is 5.75 Å². The van der Waals surface area contributed by atoms with Gasteiger partial charge in [0.05, 0.1) is 20.3 Å². The third kappa shape index (κ3) is 3.13. The van der Waals surface area contributed by atoms with Crippen molar-refractivity contribution in [2.45, 2.75) is 13.5 Å². The molecule has 0 spiro atoms. The van der Waals surface area contributed by atoms with E-state index in [1.807, 2.05) is 18.2 Å². The molecule has 0 unspecified atom stereocenters. The largest absolute Gasteiger partial charge is 0.497 e. The van der Waals surface area contributed by atoms with Crippen LogP contribution in [0.2, 0.25) is 0 Å². The van der Waals surface area contributed by atoms with Crippen LogP contribution in [0.1, 0.15) is 23.1 Å². The molecule has 0 radical (unpaired) electrons. The van der Waals surface area contributed by atoms with Gasteiger partial charge in [-0.1, -0.05) is 15.9 Å². The van der Waals surface area contributed by atoms with Crippen LogP contribution in [0.25, 0.3) is 0 Å². The topological polar surface area (TPSA) is 79.1 Å². The smallest absolute Gasteiger partial charge is 0.378 e. The number of carbonyl (C=O) groups excluding carboxylic acids is 1. The average Bonchev–Trinajstić information content (AvgIpc) is 2.90. The predicted molar refractivity (Wildman–Crippen MR) is 73.6 cm³/mol. The summed E-state index contributed by atoms with van der Waals surface area (Å²) >= 11 is 3.44. The molecule has 0 fully saturated rings. The number of ether oxygens (including phenoxy) is 2. The Morgan fingerprint density at radius 3 is 2.95 bits per heavy atom. The van der Waals surface area contributed by atoms with Gasteiger partial charge in [-0.3, -0.25) is 0 Å². The van der Waals surface area contributed by atoms with E-state index in [0.717, 1.165) is 10.0 Å². The van der Waals surface area contributed by atoms with Crippen LogP contribution in [0, 0.1) is 0 Å². The average molecular weight is 341 g/mol. The zero-order valence-corrected chi connectivity index (χ0v) is 12.6. The maximum absolute atomic E-state index is 11.7. The number of aromatic nitrogens is 4. The van der Waals surface area contributed by atoms with E-state index in [1.165, 1.54) is 4.68 Å². The Kier molecular flexibility index (Phi) is 4.67. The third-order valence-electron chi connectivity index (χ3n) is 2.56. The van der Waals surface area contributed by atoms with Crippen molar-refractivity contribution in [2.24, 2.45) is 0 Å². The van der Waals surface area contributed by atoms with Crippen LogP contribution in [0.15, 0.2) is 22.7 Å². The van der Waals surface area contributed by atoms with E-state index in [4.69, 9.17) is 9.47 Å². The number of methoxy groups -OCH3 is 1. The fourth-order valence-electron chi connectivity index (χ4n) is 1.61. The quantitative estimate of drug-likeness (QED) is 0.770. The zero-order chi connectivity index (χ0) is 14.5. The fraction of sp³-hybridized carbons (Fsp3) is 0.333. The minimum absolute atomic E-state index is 0.0709. The lowest BCUT2D eigenvalue weighted by Crippen LogP contribution is -2.15. The number of benzene rings is 1. The second-order valence-corrected chi connectivity index (χ2v) is 4.69. The highest BCUT2D eigenvalue weighted by molar-refractivity contribution is 9.10. The Morgan fingerprint density at radius 2 is 2.25 bits per heavy atom. The van der Waals surface area contributed by atoms with Gasteiger partial charge in [-0.05, 0) is 41.1 Å². The summed E-state index contributed by atoms with van der Waals surface area (Å²) < 4.78 is 12.3. The Balaban J connectivity index is 2.26. The minimum Gasteiger partial charge on any atom is -0.497 e. The molecule has 1 aromatic heterocycles. The van der Waals surface area contributed by atoms with Gasteiger partial charge in [0.25, 0.3) is 5.82 Å². The molecule has 0 saturated heterocycles. The van der Waals surface area contributed by atoms with E-state index in [0.29, 0.717) is 12.3 Å². The molecule has 0 aliphatic heterocycles. The van der Waals surface area contributed by atoms with Crippen molar-refractivity contribution in [2.75, 3.05) is 13.7 Å². The van der Waals surface area contributed by atoms with Crippen molar-refractivity contribution in [3.8, 4) is 5.75 Å². The predicted octanol–water partition coefficient (Wildman–Crippen LogP) is 1.67. The molecular formula is C12H13BrN4O3. The number of halogens is 1. The van der Waals surface area contributed by atoms with Crippen LogP contribution >= 0.6 is 15.9 Å². The van der Waals surface area contributed by atoms with E-state index in [2.05, 4.69) is 31.5 Å². The van der Waals surface area contributed by atoms with Crippen molar-refractivity contribution in [3.63, 3.8) is 0 Å². The molecule has 0 amide bonds. The first-order valence-electron chi connectivity index (χ1n) is 5.91. The summed E-state index contributed by atoms with van der Waals surface area (Å²) in [5.74, 6) is 0.243. The lowest BCUT2D eigenvalue weighted by Gasteiger charge is -2.08. The van der Waals surface area contributed by atoms with Gasteiger partial charge in [0.15, 0.2) is 0 Å². The molecule has 0 aliphatic rings. The standard InChI is InChI=1S/C12H13BrN4O3/c1-3-20-12(18)11-14-15-16-17(11)7-8-6-9(19-2)4-5-10(8)13/h4-6H,3,7H2,1-2H3. The first-order chi connectivity index (χ1) is 9.65. The normalized spacial score (nSPS) is 10.3. The maximum atomic E-state index is 11.7. The molecule has 1 heterocycles. The first-order valence-corrected chi connectivity index (χ1v) is 6.70. The van der Waals surface area contributed by atoms with Crippen molar-refractivity contribution in [1.29, 1.82) is 0 Å². The number of carbonyl (C=O) groups is 1. The zero-order valence-electron chi connectivity index (χ0n) is 11.0. The highest BCUT2D eigenvalue weighted by atomic mass is 79.9. The summed E-state index contributed by atoms with van der Waals surface area (Å²) in [5.41, 5.74) is 0.891. The molecule has 20 heavy (non-hydrogen) atoms. The number of tetrazole rings is 1. The highest BCUT2D eigenvalue weighted by Gasteiger charge is 2.17. The molecule has 0 aliphatic carbocycles. The van der Waals surface area contributed by atoms with Crippen molar-refractivity contribution in [3.05, 3.63) is 34.1 Å². The second kappa shape index (κ2) is 6.47. The molecule has 0 bridgehead atoms. The van der Waals surface area contributed by atoms with Crippen LogP contribution in [-0.2, 0) is 11.3 Å². The third-order valence-corrected chi connectivity index (χ3v) is 3.34. The van der Waals surface area contributed by atoms with Gasteiger partial charge in [0.2, 0.25) is 0 Å². The molecule has 0 saturated carbocycles. The van der Waals surface area contributed by atoms with Gasteiger partial charge in [-0.25, -0.2) is 9.48 Å². The van der Waals surface area contributed by atoms with Crippen LogP contribution in [0.3, 0.4) is 0 Å². The van der Waals surface area contributed by atoms with Crippen molar-refractivity contribution in [1.82, 2.24) is 20.2 Å². The summed E-state index contributed by atoms with van der Waals surface area (Å²) in [5, 5.41) is 11.0. The number of nitrogens with zero attached hydrogens (tertiary/aromatic N) is 4. The lowest BCUT2D eigenvalue weighted by molar-refractivity contribution is 0.0505. The Labute approximate surface area is 124 Å². The van der Waals surface area contributed by atoms with Crippen LogP contribution in [0.4, 0.5) is 0 Å². The molecular weight excluding hydrogens is 328 g/mol. The summed E-state index contributed by atoms with van der Waals surface area (Å²) in [4.78, 5) is 11.7. The molecule has 2 rings (SSSR count). The van der Waals surface area contributed by atoms with Gasteiger partial charge in [-0.15, -0.1) is 5.10 Å².